The number of hydrogen-bond acceptors (Lipinski definition) is 2. The molecule has 1 heterocycles. The van der Waals surface area contributed by atoms with Crippen molar-refractivity contribution in [2.24, 2.45) is 23.7 Å². The second kappa shape index (κ2) is 20.9. The van der Waals surface area contributed by atoms with Crippen molar-refractivity contribution in [3.63, 3.8) is 0 Å². The molecule has 3 nitrogen and oxygen atoms in total. The van der Waals surface area contributed by atoms with E-state index < -0.39 is 0 Å². The van der Waals surface area contributed by atoms with Crippen molar-refractivity contribution in [3.8, 4) is 0 Å². The molecule has 2 aliphatic rings. The number of fused-ring (bicyclic) bond motifs is 2. The van der Waals surface area contributed by atoms with E-state index in [0.29, 0.717) is 6.04 Å². The highest BCUT2D eigenvalue weighted by atomic mass is 15.4. The van der Waals surface area contributed by atoms with Crippen molar-refractivity contribution in [2.45, 2.75) is 207 Å². The SMILES string of the molecule is CCCCCCCC(CCCCCC)C1[C@H]2CCc3c(nnn3C(CCCCCCC)CCCCCCC)CC[C@@H]12. The molecule has 0 spiro atoms. The van der Waals surface area contributed by atoms with Crippen LogP contribution in [0.25, 0.3) is 0 Å². The third-order valence-corrected chi connectivity index (χ3v) is 11.0. The summed E-state index contributed by atoms with van der Waals surface area (Å²) in [6.07, 6.45) is 37.4. The Kier molecular flexibility index (Phi) is 17.7. The maximum atomic E-state index is 4.90. The minimum atomic E-state index is 0.578. The molecule has 4 atom stereocenters. The van der Waals surface area contributed by atoms with Gasteiger partial charge < -0.3 is 0 Å². The zero-order valence-electron chi connectivity index (χ0n) is 28.3. The van der Waals surface area contributed by atoms with E-state index in [1.165, 1.54) is 179 Å². The van der Waals surface area contributed by atoms with Gasteiger partial charge >= 0.3 is 0 Å². The van der Waals surface area contributed by atoms with Gasteiger partial charge in [-0.25, -0.2) is 4.68 Å². The Balaban J connectivity index is 1.60. The lowest BCUT2D eigenvalue weighted by molar-refractivity contribution is 0.333. The third-order valence-electron chi connectivity index (χ3n) is 11.0. The van der Waals surface area contributed by atoms with Gasteiger partial charge in [-0.1, -0.05) is 168 Å². The molecule has 0 saturated heterocycles. The lowest BCUT2D eigenvalue weighted by Gasteiger charge is -2.21. The molecule has 1 aromatic rings. The molecule has 2 aliphatic carbocycles. The Bertz CT molecular complexity index is 756. The van der Waals surface area contributed by atoms with E-state index in [4.69, 9.17) is 10.3 Å². The van der Waals surface area contributed by atoms with Crippen molar-refractivity contribution in [1.29, 1.82) is 0 Å². The second-order valence-corrected chi connectivity index (χ2v) is 14.3. The van der Waals surface area contributed by atoms with Crippen LogP contribution in [-0.4, -0.2) is 15.0 Å². The van der Waals surface area contributed by atoms with Crippen molar-refractivity contribution >= 4 is 0 Å². The van der Waals surface area contributed by atoms with Crippen LogP contribution in [0.5, 0.6) is 0 Å². The Morgan fingerprint density at radius 2 is 1.00 bits per heavy atom. The van der Waals surface area contributed by atoms with E-state index in [1.807, 2.05) is 0 Å². The van der Waals surface area contributed by atoms with Crippen molar-refractivity contribution < 1.29 is 0 Å². The molecule has 1 saturated carbocycles. The highest BCUT2D eigenvalue weighted by molar-refractivity contribution is 5.16. The van der Waals surface area contributed by atoms with E-state index in [-0.39, 0.29) is 0 Å². The van der Waals surface area contributed by atoms with E-state index in [9.17, 15) is 0 Å². The fraction of sp³-hybridized carbons (Fsp3) is 0.947. The summed E-state index contributed by atoms with van der Waals surface area (Å²) < 4.78 is 2.47. The molecule has 0 amide bonds. The molecule has 0 radical (unpaired) electrons. The molecule has 0 bridgehead atoms. The van der Waals surface area contributed by atoms with Crippen LogP contribution in [0, 0.1) is 23.7 Å². The Labute approximate surface area is 256 Å². The summed E-state index contributed by atoms with van der Waals surface area (Å²) in [6, 6.07) is 0.578. The largest absolute Gasteiger partial charge is 0.246 e. The summed E-state index contributed by atoms with van der Waals surface area (Å²) in [7, 11) is 0. The molecular weight excluding hydrogens is 498 g/mol. The number of hydrogen-bond donors (Lipinski definition) is 0. The number of rotatable bonds is 25. The summed E-state index contributed by atoms with van der Waals surface area (Å²) in [4.78, 5) is 0. The standard InChI is InChI=1S/C38H71N3/c1-5-9-13-17-21-25-32(24-20-16-12-8-4)38-34-28-30-36-37(31-29-35(34)38)41(40-39-36)33(26-22-18-14-10-6-2)27-23-19-15-11-7-3/h32-35,38H,5-31H2,1-4H3/t32?,34-,35+,38?/m1/s1. The summed E-state index contributed by atoms with van der Waals surface area (Å²) in [5.41, 5.74) is 2.91. The number of aromatic nitrogens is 3. The molecule has 0 aliphatic heterocycles. The van der Waals surface area contributed by atoms with Gasteiger partial charge in [-0.2, -0.15) is 0 Å². The van der Waals surface area contributed by atoms with Crippen LogP contribution in [-0.2, 0) is 12.8 Å². The molecular formula is C38H71N3. The molecule has 1 fully saturated rings. The van der Waals surface area contributed by atoms with Crippen LogP contribution in [0.4, 0.5) is 0 Å². The highest BCUT2D eigenvalue weighted by Crippen LogP contribution is 2.58. The summed E-state index contributed by atoms with van der Waals surface area (Å²) in [5.74, 6) is 3.97. The zero-order valence-corrected chi connectivity index (χ0v) is 28.3. The van der Waals surface area contributed by atoms with Gasteiger partial charge in [0, 0.05) is 0 Å². The van der Waals surface area contributed by atoms with Crippen LogP contribution in [0.3, 0.4) is 0 Å². The average Bonchev–Trinajstić information content (AvgIpc) is 3.50. The van der Waals surface area contributed by atoms with Crippen LogP contribution in [0.15, 0.2) is 0 Å². The van der Waals surface area contributed by atoms with Gasteiger partial charge in [-0.3, -0.25) is 0 Å². The van der Waals surface area contributed by atoms with Gasteiger partial charge in [0.05, 0.1) is 17.4 Å². The number of aryl methyl sites for hydroxylation is 1. The topological polar surface area (TPSA) is 30.7 Å². The Morgan fingerprint density at radius 3 is 1.51 bits per heavy atom. The third kappa shape index (κ3) is 12.0. The molecule has 0 N–H and O–H groups in total. The Hall–Kier alpha value is -0.860. The van der Waals surface area contributed by atoms with Gasteiger partial charge in [-0.15, -0.1) is 5.10 Å². The van der Waals surface area contributed by atoms with E-state index >= 15 is 0 Å². The number of nitrogens with zero attached hydrogens (tertiary/aromatic N) is 3. The first-order chi connectivity index (χ1) is 20.2. The van der Waals surface area contributed by atoms with Gasteiger partial charge in [0.1, 0.15) is 0 Å². The number of unbranched alkanes of at least 4 members (excludes halogenated alkanes) is 15. The molecule has 3 heteroatoms. The molecule has 3 rings (SSSR count). The summed E-state index contributed by atoms with van der Waals surface area (Å²) in [6.45, 7) is 9.34. The lowest BCUT2D eigenvalue weighted by atomic mass is 9.88. The van der Waals surface area contributed by atoms with Crippen LogP contribution in [0.1, 0.15) is 206 Å². The van der Waals surface area contributed by atoms with Gasteiger partial charge in [-0.05, 0) is 62.2 Å². The zero-order chi connectivity index (χ0) is 29.1. The van der Waals surface area contributed by atoms with E-state index in [1.54, 1.807) is 5.69 Å². The molecule has 41 heavy (non-hydrogen) atoms. The first-order valence-corrected chi connectivity index (χ1v) is 19.2. The summed E-state index contributed by atoms with van der Waals surface area (Å²) in [5, 5.41) is 9.77. The fourth-order valence-electron chi connectivity index (χ4n) is 8.41. The van der Waals surface area contributed by atoms with Gasteiger partial charge in [0.25, 0.3) is 0 Å². The maximum Gasteiger partial charge on any atom is 0.0859 e. The monoisotopic (exact) mass is 570 g/mol. The van der Waals surface area contributed by atoms with Crippen LogP contribution < -0.4 is 0 Å². The molecule has 0 aromatic carbocycles. The van der Waals surface area contributed by atoms with Gasteiger partial charge in [0.2, 0.25) is 0 Å². The summed E-state index contributed by atoms with van der Waals surface area (Å²) >= 11 is 0. The predicted molar refractivity (Wildman–Crippen MR) is 179 cm³/mol. The quantitative estimate of drug-likeness (QED) is 0.110. The van der Waals surface area contributed by atoms with Crippen molar-refractivity contribution in [2.75, 3.05) is 0 Å². The highest BCUT2D eigenvalue weighted by Gasteiger charge is 2.52. The first-order valence-electron chi connectivity index (χ1n) is 19.2. The first kappa shape index (κ1) is 34.6. The predicted octanol–water partition coefficient (Wildman–Crippen LogP) is 12.2. The average molecular weight is 570 g/mol. The minimum absolute atomic E-state index is 0.578. The van der Waals surface area contributed by atoms with Crippen LogP contribution >= 0.6 is 0 Å². The van der Waals surface area contributed by atoms with Crippen molar-refractivity contribution in [1.82, 2.24) is 15.0 Å². The lowest BCUT2D eigenvalue weighted by Crippen LogP contribution is -2.16. The normalized spacial score (nSPS) is 21.0. The molecule has 238 valence electrons. The van der Waals surface area contributed by atoms with Gasteiger partial charge in [0.15, 0.2) is 0 Å². The Morgan fingerprint density at radius 1 is 0.561 bits per heavy atom. The van der Waals surface area contributed by atoms with E-state index in [0.717, 1.165) is 23.7 Å². The minimum Gasteiger partial charge on any atom is -0.246 e. The molecule has 2 unspecified atom stereocenters. The molecule has 1 aromatic heterocycles. The smallest absolute Gasteiger partial charge is 0.0859 e. The van der Waals surface area contributed by atoms with Crippen molar-refractivity contribution in [3.05, 3.63) is 11.4 Å². The second-order valence-electron chi connectivity index (χ2n) is 14.3. The maximum absolute atomic E-state index is 4.90. The van der Waals surface area contributed by atoms with Crippen LogP contribution in [0.2, 0.25) is 0 Å². The fourth-order valence-corrected chi connectivity index (χ4v) is 8.41. The van der Waals surface area contributed by atoms with E-state index in [2.05, 4.69) is 32.4 Å².